The largest absolute Gasteiger partial charge is 0.462 e. The van der Waals surface area contributed by atoms with E-state index in [-0.39, 0.29) is 31.1 Å². The van der Waals surface area contributed by atoms with E-state index in [1.807, 2.05) is 0 Å². The second-order valence-electron chi connectivity index (χ2n) is 22.4. The fourth-order valence-corrected chi connectivity index (χ4v) is 9.74. The first-order valence-electron chi connectivity index (χ1n) is 33.4. The van der Waals surface area contributed by atoms with E-state index >= 15 is 0 Å². The Labute approximate surface area is 478 Å². The lowest BCUT2D eigenvalue weighted by atomic mass is 10.0. The summed E-state index contributed by atoms with van der Waals surface area (Å²) in [7, 11) is 0. The van der Waals surface area contributed by atoms with Crippen molar-refractivity contribution in [1.29, 1.82) is 0 Å². The van der Waals surface area contributed by atoms with Gasteiger partial charge in [-0.2, -0.15) is 0 Å². The van der Waals surface area contributed by atoms with Crippen molar-refractivity contribution in [2.45, 2.75) is 348 Å². The maximum atomic E-state index is 12.9. The molecule has 1 unspecified atom stereocenters. The SMILES string of the molecule is CC/C=C\C/C=C\C/C=C\C/C=C\C/C=C\C/C=C\CCCCCCCCCCCCC(=O)OCC(COC(=O)CCCCCCCCCCCCCCCCC)OC(=O)CCCCCCCCCCCCCCCCC. The van der Waals surface area contributed by atoms with Gasteiger partial charge in [-0.15, -0.1) is 0 Å². The highest BCUT2D eigenvalue weighted by molar-refractivity contribution is 5.71. The highest BCUT2D eigenvalue weighted by atomic mass is 16.6. The number of ether oxygens (including phenoxy) is 3. The molecule has 6 nitrogen and oxygen atoms in total. The van der Waals surface area contributed by atoms with Crippen LogP contribution in [0.3, 0.4) is 0 Å². The van der Waals surface area contributed by atoms with Crippen molar-refractivity contribution in [2.24, 2.45) is 0 Å². The van der Waals surface area contributed by atoms with Gasteiger partial charge in [0.15, 0.2) is 6.10 Å². The molecule has 0 fully saturated rings. The van der Waals surface area contributed by atoms with Gasteiger partial charge in [0.2, 0.25) is 0 Å². The van der Waals surface area contributed by atoms with Crippen molar-refractivity contribution in [1.82, 2.24) is 0 Å². The molecule has 0 heterocycles. The molecule has 0 amide bonds. The molecule has 0 rings (SSSR count). The number of hydrogen-bond donors (Lipinski definition) is 0. The van der Waals surface area contributed by atoms with Gasteiger partial charge >= 0.3 is 17.9 Å². The van der Waals surface area contributed by atoms with Crippen molar-refractivity contribution in [2.75, 3.05) is 13.2 Å². The van der Waals surface area contributed by atoms with E-state index in [2.05, 4.69) is 93.7 Å². The number of carbonyl (C=O) groups is 3. The second kappa shape index (κ2) is 65.4. The molecule has 77 heavy (non-hydrogen) atoms. The highest BCUT2D eigenvalue weighted by Gasteiger charge is 2.19. The highest BCUT2D eigenvalue weighted by Crippen LogP contribution is 2.17. The third-order valence-electron chi connectivity index (χ3n) is 14.7. The summed E-state index contributed by atoms with van der Waals surface area (Å²) in [4.78, 5) is 38.3. The van der Waals surface area contributed by atoms with Gasteiger partial charge in [-0.3, -0.25) is 14.4 Å². The number of hydrogen-bond acceptors (Lipinski definition) is 6. The van der Waals surface area contributed by atoms with Gasteiger partial charge in [-0.1, -0.05) is 325 Å². The summed E-state index contributed by atoms with van der Waals surface area (Å²) in [6.07, 6.45) is 84.8. The van der Waals surface area contributed by atoms with Gasteiger partial charge in [-0.05, 0) is 70.6 Å². The van der Waals surface area contributed by atoms with Crippen LogP contribution >= 0.6 is 0 Å². The average molecular weight is 1080 g/mol. The molecule has 0 aliphatic carbocycles. The Kier molecular flexibility index (Phi) is 62.7. The molecule has 0 N–H and O–H groups in total. The van der Waals surface area contributed by atoms with Gasteiger partial charge < -0.3 is 14.2 Å². The molecule has 0 bridgehead atoms. The fraction of sp³-hybridized carbons (Fsp3) is 0.789. The van der Waals surface area contributed by atoms with E-state index in [1.165, 1.54) is 205 Å². The average Bonchev–Trinajstić information content (AvgIpc) is 3.43. The lowest BCUT2D eigenvalue weighted by Gasteiger charge is -2.18. The van der Waals surface area contributed by atoms with Crippen LogP contribution in [0.25, 0.3) is 0 Å². The molecule has 1 atom stereocenters. The maximum absolute atomic E-state index is 12.9. The molecule has 0 saturated carbocycles. The molecule has 0 radical (unpaired) electrons. The molecule has 0 saturated heterocycles. The standard InChI is InChI=1S/C71H126O6/c1-4-7-10-13-16-19-22-25-28-29-30-31-32-33-34-35-36-37-38-39-40-41-44-46-49-52-55-58-61-64-70(73)76-67-68(77-71(74)65-62-59-56-53-50-47-43-27-24-21-18-15-12-9-6-3)66-75-69(72)63-60-57-54-51-48-45-42-26-23-20-17-14-11-8-5-2/h7,10,16,19,25,28,30-31,33-34,36-37,68H,4-6,8-9,11-15,17-18,20-24,26-27,29,32,35,38-67H2,1-3H3/b10-7-,19-16-,28-25-,31-30-,34-33-,37-36-. The van der Waals surface area contributed by atoms with Crippen LogP contribution in [0.2, 0.25) is 0 Å². The van der Waals surface area contributed by atoms with Crippen LogP contribution in [0.5, 0.6) is 0 Å². The van der Waals surface area contributed by atoms with E-state index < -0.39 is 6.10 Å². The van der Waals surface area contributed by atoms with Crippen molar-refractivity contribution >= 4 is 17.9 Å². The zero-order valence-corrected chi connectivity index (χ0v) is 51.2. The molecule has 0 aromatic carbocycles. The summed E-state index contributed by atoms with van der Waals surface area (Å²) in [5.74, 6) is -0.854. The van der Waals surface area contributed by atoms with Crippen molar-refractivity contribution < 1.29 is 28.6 Å². The minimum atomic E-state index is -0.774. The summed E-state index contributed by atoms with van der Waals surface area (Å²) >= 11 is 0. The Hall–Kier alpha value is -3.15. The minimum absolute atomic E-state index is 0.0705. The van der Waals surface area contributed by atoms with E-state index in [9.17, 15) is 14.4 Å². The first kappa shape index (κ1) is 73.8. The lowest BCUT2D eigenvalue weighted by Crippen LogP contribution is -2.30. The van der Waals surface area contributed by atoms with E-state index in [4.69, 9.17) is 14.2 Å². The van der Waals surface area contributed by atoms with Gasteiger partial charge in [0.25, 0.3) is 0 Å². The van der Waals surface area contributed by atoms with Crippen molar-refractivity contribution in [3.63, 3.8) is 0 Å². The van der Waals surface area contributed by atoms with Gasteiger partial charge in [0, 0.05) is 19.3 Å². The van der Waals surface area contributed by atoms with Gasteiger partial charge in [0.05, 0.1) is 0 Å². The van der Waals surface area contributed by atoms with Crippen LogP contribution in [0, 0.1) is 0 Å². The maximum Gasteiger partial charge on any atom is 0.306 e. The third-order valence-corrected chi connectivity index (χ3v) is 14.7. The van der Waals surface area contributed by atoms with Crippen LogP contribution in [0.15, 0.2) is 72.9 Å². The molecule has 0 aromatic rings. The molecular formula is C71H126O6. The summed E-state index contributed by atoms with van der Waals surface area (Å²) in [5, 5.41) is 0. The smallest absolute Gasteiger partial charge is 0.306 e. The number of allylic oxidation sites excluding steroid dienone is 12. The summed E-state index contributed by atoms with van der Waals surface area (Å²) in [6, 6.07) is 0. The Morgan fingerprint density at radius 2 is 0.506 bits per heavy atom. The monoisotopic (exact) mass is 1070 g/mol. The number of rotatable bonds is 61. The third kappa shape index (κ3) is 63.6. The topological polar surface area (TPSA) is 78.9 Å². The molecular weight excluding hydrogens is 949 g/mol. The van der Waals surface area contributed by atoms with Crippen LogP contribution in [-0.4, -0.2) is 37.2 Å². The summed E-state index contributed by atoms with van der Waals surface area (Å²) in [5.41, 5.74) is 0. The predicted octanol–water partition coefficient (Wildman–Crippen LogP) is 22.9. The zero-order chi connectivity index (χ0) is 55.7. The first-order chi connectivity index (χ1) is 38.0. The quantitative estimate of drug-likeness (QED) is 0.0261. The van der Waals surface area contributed by atoms with Crippen molar-refractivity contribution in [3.8, 4) is 0 Å². The van der Waals surface area contributed by atoms with Gasteiger partial charge in [0.1, 0.15) is 13.2 Å². The zero-order valence-electron chi connectivity index (χ0n) is 51.2. The predicted molar refractivity (Wildman–Crippen MR) is 335 cm³/mol. The van der Waals surface area contributed by atoms with Crippen LogP contribution in [-0.2, 0) is 28.6 Å². The van der Waals surface area contributed by atoms with E-state index in [0.29, 0.717) is 19.3 Å². The second-order valence-corrected chi connectivity index (χ2v) is 22.4. The van der Waals surface area contributed by atoms with Crippen LogP contribution in [0.4, 0.5) is 0 Å². The Morgan fingerprint density at radius 1 is 0.273 bits per heavy atom. The Morgan fingerprint density at radius 3 is 0.792 bits per heavy atom. The minimum Gasteiger partial charge on any atom is -0.462 e. The number of esters is 3. The Balaban J connectivity index is 4.26. The van der Waals surface area contributed by atoms with E-state index in [0.717, 1.165) is 96.3 Å². The molecule has 0 spiro atoms. The summed E-state index contributed by atoms with van der Waals surface area (Å²) < 4.78 is 17.0. The van der Waals surface area contributed by atoms with E-state index in [1.54, 1.807) is 0 Å². The normalized spacial score (nSPS) is 12.5. The van der Waals surface area contributed by atoms with Crippen molar-refractivity contribution in [3.05, 3.63) is 72.9 Å². The van der Waals surface area contributed by atoms with Crippen LogP contribution < -0.4 is 0 Å². The molecule has 0 aromatic heterocycles. The number of unbranched alkanes of at least 4 members (excludes halogenated alkanes) is 38. The Bertz CT molecular complexity index is 1420. The molecule has 446 valence electrons. The van der Waals surface area contributed by atoms with Crippen LogP contribution in [0.1, 0.15) is 342 Å². The number of carbonyl (C=O) groups excluding carboxylic acids is 3. The lowest BCUT2D eigenvalue weighted by molar-refractivity contribution is -0.167. The molecule has 0 aliphatic rings. The van der Waals surface area contributed by atoms with Gasteiger partial charge in [-0.25, -0.2) is 0 Å². The summed E-state index contributed by atoms with van der Waals surface area (Å²) in [6.45, 7) is 6.58. The first-order valence-corrected chi connectivity index (χ1v) is 33.4. The fourth-order valence-electron chi connectivity index (χ4n) is 9.74. The molecule has 6 heteroatoms. The molecule has 0 aliphatic heterocycles.